The smallest absolute Gasteiger partial charge is 0.226 e. The Morgan fingerprint density at radius 3 is 2.79 bits per heavy atom. The van der Waals surface area contributed by atoms with Crippen LogP contribution in [0, 0.1) is 11.7 Å². The van der Waals surface area contributed by atoms with E-state index in [-0.39, 0.29) is 11.7 Å². The first-order valence-electron chi connectivity index (χ1n) is 8.75. The zero-order valence-corrected chi connectivity index (χ0v) is 13.7. The van der Waals surface area contributed by atoms with Gasteiger partial charge in [-0.15, -0.1) is 0 Å². The van der Waals surface area contributed by atoms with Gasteiger partial charge in [0.05, 0.1) is 6.54 Å². The van der Waals surface area contributed by atoms with Crippen molar-refractivity contribution in [2.24, 2.45) is 5.92 Å². The van der Waals surface area contributed by atoms with Crippen molar-refractivity contribution in [2.45, 2.75) is 51.2 Å². The maximum Gasteiger partial charge on any atom is 0.226 e. The van der Waals surface area contributed by atoms with E-state index in [2.05, 4.69) is 4.98 Å². The minimum absolute atomic E-state index is 0.220. The number of carbonyl (C=O) groups is 1. The summed E-state index contributed by atoms with van der Waals surface area (Å²) >= 11 is 0. The molecule has 0 aliphatic heterocycles. The SMILES string of the molecule is O=C(C1CCC1)N(Cc1nccn1Cc1cccc(F)c1)C1CC1. The summed E-state index contributed by atoms with van der Waals surface area (Å²) < 4.78 is 15.4. The number of nitrogens with zero attached hydrogens (tertiary/aromatic N) is 3. The molecule has 1 aromatic heterocycles. The molecule has 0 radical (unpaired) electrons. The van der Waals surface area contributed by atoms with Crippen molar-refractivity contribution in [1.29, 1.82) is 0 Å². The molecular weight excluding hydrogens is 305 g/mol. The topological polar surface area (TPSA) is 38.1 Å². The summed E-state index contributed by atoms with van der Waals surface area (Å²) in [4.78, 5) is 19.2. The average molecular weight is 327 g/mol. The van der Waals surface area contributed by atoms with E-state index < -0.39 is 0 Å². The Balaban J connectivity index is 1.49. The number of imidazole rings is 1. The van der Waals surface area contributed by atoms with Crippen LogP contribution in [0.25, 0.3) is 0 Å². The van der Waals surface area contributed by atoms with E-state index in [1.807, 2.05) is 21.7 Å². The molecule has 5 heteroatoms. The number of hydrogen-bond donors (Lipinski definition) is 0. The zero-order chi connectivity index (χ0) is 16.5. The van der Waals surface area contributed by atoms with Crippen LogP contribution in [-0.4, -0.2) is 26.4 Å². The average Bonchev–Trinajstić information content (AvgIpc) is 3.25. The molecule has 2 fully saturated rings. The highest BCUT2D eigenvalue weighted by Crippen LogP contribution is 2.34. The van der Waals surface area contributed by atoms with Crippen molar-refractivity contribution < 1.29 is 9.18 Å². The van der Waals surface area contributed by atoms with Crippen molar-refractivity contribution in [1.82, 2.24) is 14.5 Å². The van der Waals surface area contributed by atoms with Gasteiger partial charge in [0, 0.05) is 30.9 Å². The quantitative estimate of drug-likeness (QED) is 0.816. The Morgan fingerprint density at radius 2 is 2.12 bits per heavy atom. The van der Waals surface area contributed by atoms with E-state index >= 15 is 0 Å². The molecule has 2 aliphatic carbocycles. The maximum atomic E-state index is 13.4. The second-order valence-electron chi connectivity index (χ2n) is 6.93. The molecule has 0 unspecified atom stereocenters. The van der Waals surface area contributed by atoms with Gasteiger partial charge >= 0.3 is 0 Å². The van der Waals surface area contributed by atoms with Crippen LogP contribution >= 0.6 is 0 Å². The van der Waals surface area contributed by atoms with Gasteiger partial charge in [-0.3, -0.25) is 4.79 Å². The molecule has 0 spiro atoms. The molecule has 1 amide bonds. The van der Waals surface area contributed by atoms with Gasteiger partial charge in [-0.05, 0) is 43.4 Å². The van der Waals surface area contributed by atoms with E-state index in [0.29, 0.717) is 25.0 Å². The molecule has 2 aromatic rings. The molecule has 0 atom stereocenters. The van der Waals surface area contributed by atoms with Crippen LogP contribution in [0.4, 0.5) is 4.39 Å². The summed E-state index contributed by atoms with van der Waals surface area (Å²) in [5, 5.41) is 0. The minimum atomic E-state index is -0.228. The first-order chi connectivity index (χ1) is 11.7. The van der Waals surface area contributed by atoms with E-state index in [1.54, 1.807) is 18.3 Å². The fraction of sp³-hybridized carbons (Fsp3) is 0.474. The standard InChI is InChI=1S/C19H22FN3O/c20-16-6-1-3-14(11-16)12-22-10-9-21-18(22)13-23(17-7-8-17)19(24)15-4-2-5-15/h1,3,6,9-11,15,17H,2,4-5,7-8,12-13H2. The Labute approximate surface area is 141 Å². The second kappa shape index (κ2) is 6.38. The van der Waals surface area contributed by atoms with Crippen LogP contribution in [0.15, 0.2) is 36.7 Å². The lowest BCUT2D eigenvalue weighted by Crippen LogP contribution is -2.40. The monoisotopic (exact) mass is 327 g/mol. The molecule has 1 aromatic carbocycles. The molecule has 1 heterocycles. The molecule has 126 valence electrons. The van der Waals surface area contributed by atoms with Crippen LogP contribution < -0.4 is 0 Å². The van der Waals surface area contributed by atoms with Gasteiger partial charge < -0.3 is 9.47 Å². The van der Waals surface area contributed by atoms with E-state index in [4.69, 9.17) is 0 Å². The molecule has 2 saturated carbocycles. The molecular formula is C19H22FN3O. The fourth-order valence-corrected chi connectivity index (χ4v) is 3.28. The number of amides is 1. The molecule has 4 rings (SSSR count). The van der Waals surface area contributed by atoms with Crippen LogP contribution in [0.5, 0.6) is 0 Å². The van der Waals surface area contributed by atoms with Crippen LogP contribution in [0.3, 0.4) is 0 Å². The highest BCUT2D eigenvalue weighted by Gasteiger charge is 2.38. The molecule has 0 saturated heterocycles. The predicted octanol–water partition coefficient (Wildman–Crippen LogP) is 3.36. The summed E-state index contributed by atoms with van der Waals surface area (Å²) in [6.07, 6.45) is 9.08. The number of halogens is 1. The number of benzene rings is 1. The molecule has 0 N–H and O–H groups in total. The molecule has 24 heavy (non-hydrogen) atoms. The lowest BCUT2D eigenvalue weighted by atomic mass is 9.84. The van der Waals surface area contributed by atoms with Gasteiger partial charge in [0.1, 0.15) is 11.6 Å². The van der Waals surface area contributed by atoms with Gasteiger partial charge in [0.2, 0.25) is 5.91 Å². The third kappa shape index (κ3) is 3.21. The van der Waals surface area contributed by atoms with Crippen LogP contribution in [0.2, 0.25) is 0 Å². The Hall–Kier alpha value is -2.17. The largest absolute Gasteiger partial charge is 0.332 e. The van der Waals surface area contributed by atoms with Crippen molar-refractivity contribution >= 4 is 5.91 Å². The highest BCUT2D eigenvalue weighted by atomic mass is 19.1. The third-order valence-corrected chi connectivity index (χ3v) is 5.08. The molecule has 2 aliphatic rings. The first kappa shape index (κ1) is 15.4. The molecule has 4 nitrogen and oxygen atoms in total. The van der Waals surface area contributed by atoms with Gasteiger partial charge in [-0.25, -0.2) is 9.37 Å². The van der Waals surface area contributed by atoms with Crippen molar-refractivity contribution in [2.75, 3.05) is 0 Å². The van der Waals surface area contributed by atoms with Crippen LogP contribution in [0.1, 0.15) is 43.5 Å². The Bertz CT molecular complexity index is 734. The lowest BCUT2D eigenvalue weighted by molar-refractivity contribution is -0.139. The number of hydrogen-bond acceptors (Lipinski definition) is 2. The van der Waals surface area contributed by atoms with Crippen LogP contribution in [-0.2, 0) is 17.9 Å². The number of aromatic nitrogens is 2. The highest BCUT2D eigenvalue weighted by molar-refractivity contribution is 5.80. The van der Waals surface area contributed by atoms with Crippen molar-refractivity contribution in [3.8, 4) is 0 Å². The predicted molar refractivity (Wildman–Crippen MR) is 88.6 cm³/mol. The second-order valence-corrected chi connectivity index (χ2v) is 6.93. The van der Waals surface area contributed by atoms with Gasteiger partial charge in [-0.2, -0.15) is 0 Å². The summed E-state index contributed by atoms with van der Waals surface area (Å²) in [5.41, 5.74) is 0.901. The number of carbonyl (C=O) groups excluding carboxylic acids is 1. The summed E-state index contributed by atoms with van der Waals surface area (Å²) in [5.74, 6) is 1.16. The minimum Gasteiger partial charge on any atom is -0.332 e. The first-order valence-corrected chi connectivity index (χ1v) is 8.75. The summed E-state index contributed by atoms with van der Waals surface area (Å²) in [6.45, 7) is 1.13. The molecule has 0 bridgehead atoms. The zero-order valence-electron chi connectivity index (χ0n) is 13.7. The van der Waals surface area contributed by atoms with Gasteiger partial charge in [-0.1, -0.05) is 18.6 Å². The lowest BCUT2D eigenvalue weighted by Gasteiger charge is -2.31. The van der Waals surface area contributed by atoms with Gasteiger partial charge in [0.25, 0.3) is 0 Å². The van der Waals surface area contributed by atoms with E-state index in [0.717, 1.165) is 37.1 Å². The van der Waals surface area contributed by atoms with Crippen molar-refractivity contribution in [3.05, 3.63) is 53.9 Å². The van der Waals surface area contributed by atoms with E-state index in [1.165, 1.54) is 12.5 Å². The Morgan fingerprint density at radius 1 is 1.29 bits per heavy atom. The number of rotatable bonds is 6. The van der Waals surface area contributed by atoms with E-state index in [9.17, 15) is 9.18 Å². The van der Waals surface area contributed by atoms with Crippen molar-refractivity contribution in [3.63, 3.8) is 0 Å². The summed E-state index contributed by atoms with van der Waals surface area (Å²) in [6, 6.07) is 7.01. The normalized spacial score (nSPS) is 17.5. The maximum absolute atomic E-state index is 13.4. The third-order valence-electron chi connectivity index (χ3n) is 5.08. The van der Waals surface area contributed by atoms with Gasteiger partial charge in [0.15, 0.2) is 0 Å². The Kier molecular flexibility index (Phi) is 4.08. The fourth-order valence-electron chi connectivity index (χ4n) is 3.28. The summed E-state index contributed by atoms with van der Waals surface area (Å²) in [7, 11) is 0.